The summed E-state index contributed by atoms with van der Waals surface area (Å²) in [6, 6.07) is -0.137. The lowest BCUT2D eigenvalue weighted by molar-refractivity contribution is -0.0292. The van der Waals surface area contributed by atoms with Gasteiger partial charge in [-0.1, -0.05) is 0 Å². The topological polar surface area (TPSA) is 78.9 Å². The highest BCUT2D eigenvalue weighted by molar-refractivity contribution is 4.91. The third kappa shape index (κ3) is 3.24. The molecule has 0 spiro atoms. The van der Waals surface area contributed by atoms with Crippen LogP contribution in [0.1, 0.15) is 26.6 Å². The summed E-state index contributed by atoms with van der Waals surface area (Å²) in [4.78, 5) is 1.43. The summed E-state index contributed by atoms with van der Waals surface area (Å²) >= 11 is 0. The second kappa shape index (κ2) is 4.67. The third-order valence-corrected chi connectivity index (χ3v) is 2.36. The standard InChI is InChI=1S/C9H19N5O/c1-5-15-9(2,3)7(10)6-8-11-13-14(4)12-8/h7H,5-6,10H2,1-4H3. The second-order valence-corrected chi connectivity index (χ2v) is 4.04. The molecule has 1 heterocycles. The Kier molecular flexibility index (Phi) is 3.76. The highest BCUT2D eigenvalue weighted by Crippen LogP contribution is 2.15. The van der Waals surface area contributed by atoms with E-state index in [0.29, 0.717) is 18.9 Å². The van der Waals surface area contributed by atoms with Crippen molar-refractivity contribution in [2.24, 2.45) is 12.8 Å². The summed E-state index contributed by atoms with van der Waals surface area (Å²) < 4.78 is 5.56. The Bertz CT molecular complexity index is 309. The molecule has 0 saturated heterocycles. The van der Waals surface area contributed by atoms with Crippen LogP contribution in [0.15, 0.2) is 0 Å². The summed E-state index contributed by atoms with van der Waals surface area (Å²) in [6.07, 6.45) is 0.570. The smallest absolute Gasteiger partial charge is 0.176 e. The number of rotatable bonds is 5. The monoisotopic (exact) mass is 213 g/mol. The normalized spacial score (nSPS) is 14.2. The third-order valence-electron chi connectivity index (χ3n) is 2.36. The van der Waals surface area contributed by atoms with Crippen molar-refractivity contribution < 1.29 is 4.74 Å². The molecule has 1 aromatic heterocycles. The lowest BCUT2D eigenvalue weighted by Crippen LogP contribution is -2.47. The molecule has 0 bridgehead atoms. The van der Waals surface area contributed by atoms with Gasteiger partial charge in [-0.15, -0.1) is 10.2 Å². The van der Waals surface area contributed by atoms with Gasteiger partial charge in [0.1, 0.15) is 0 Å². The Hall–Kier alpha value is -1.01. The van der Waals surface area contributed by atoms with E-state index in [-0.39, 0.29) is 11.6 Å². The first-order valence-electron chi connectivity index (χ1n) is 5.08. The molecule has 2 N–H and O–H groups in total. The van der Waals surface area contributed by atoms with Crippen molar-refractivity contribution in [2.75, 3.05) is 6.61 Å². The van der Waals surface area contributed by atoms with Gasteiger partial charge in [-0.25, -0.2) is 0 Å². The van der Waals surface area contributed by atoms with Crippen LogP contribution < -0.4 is 5.73 Å². The van der Waals surface area contributed by atoms with E-state index in [9.17, 15) is 0 Å². The maximum absolute atomic E-state index is 6.04. The minimum absolute atomic E-state index is 0.137. The molecule has 0 fully saturated rings. The van der Waals surface area contributed by atoms with Crippen molar-refractivity contribution in [3.8, 4) is 0 Å². The van der Waals surface area contributed by atoms with Gasteiger partial charge in [0.15, 0.2) is 5.82 Å². The van der Waals surface area contributed by atoms with E-state index in [2.05, 4.69) is 15.4 Å². The number of hydrogen-bond acceptors (Lipinski definition) is 5. The summed E-state index contributed by atoms with van der Waals surface area (Å²) in [5, 5.41) is 11.7. The SMILES string of the molecule is CCOC(C)(C)C(N)Cc1nnn(C)n1. The minimum Gasteiger partial charge on any atom is -0.374 e. The highest BCUT2D eigenvalue weighted by atomic mass is 16.5. The van der Waals surface area contributed by atoms with Crippen LogP contribution in [0.4, 0.5) is 0 Å². The van der Waals surface area contributed by atoms with Crippen molar-refractivity contribution in [1.29, 1.82) is 0 Å². The molecular formula is C9H19N5O. The second-order valence-electron chi connectivity index (χ2n) is 4.04. The van der Waals surface area contributed by atoms with Gasteiger partial charge in [0.2, 0.25) is 0 Å². The lowest BCUT2D eigenvalue weighted by atomic mass is 9.96. The lowest BCUT2D eigenvalue weighted by Gasteiger charge is -2.30. The Morgan fingerprint density at radius 3 is 2.67 bits per heavy atom. The van der Waals surface area contributed by atoms with Gasteiger partial charge in [-0.2, -0.15) is 4.80 Å². The summed E-state index contributed by atoms with van der Waals surface area (Å²) in [5.41, 5.74) is 5.67. The van der Waals surface area contributed by atoms with Crippen molar-refractivity contribution in [2.45, 2.75) is 38.8 Å². The van der Waals surface area contributed by atoms with E-state index in [0.717, 1.165) is 0 Å². The molecule has 0 aromatic carbocycles. The fourth-order valence-electron chi connectivity index (χ4n) is 1.33. The zero-order chi connectivity index (χ0) is 11.5. The van der Waals surface area contributed by atoms with E-state index >= 15 is 0 Å². The van der Waals surface area contributed by atoms with Crippen LogP contribution in [-0.2, 0) is 18.2 Å². The van der Waals surface area contributed by atoms with Crippen LogP contribution in [0, 0.1) is 0 Å². The van der Waals surface area contributed by atoms with Gasteiger partial charge in [0.25, 0.3) is 0 Å². The number of aromatic nitrogens is 4. The average molecular weight is 213 g/mol. The van der Waals surface area contributed by atoms with E-state index in [4.69, 9.17) is 10.5 Å². The van der Waals surface area contributed by atoms with Crippen LogP contribution in [0.2, 0.25) is 0 Å². The molecule has 0 radical (unpaired) electrons. The molecular weight excluding hydrogens is 194 g/mol. The van der Waals surface area contributed by atoms with Crippen LogP contribution in [0.25, 0.3) is 0 Å². The fraction of sp³-hybridized carbons (Fsp3) is 0.889. The highest BCUT2D eigenvalue weighted by Gasteiger charge is 2.28. The maximum atomic E-state index is 6.04. The predicted octanol–water partition coefficient (Wildman–Crippen LogP) is -0.105. The number of tetrazole rings is 1. The predicted molar refractivity (Wildman–Crippen MR) is 56.2 cm³/mol. The van der Waals surface area contributed by atoms with Crippen LogP contribution in [-0.4, -0.2) is 38.5 Å². The van der Waals surface area contributed by atoms with Crippen molar-refractivity contribution in [1.82, 2.24) is 20.2 Å². The molecule has 0 aliphatic carbocycles. The molecule has 0 saturated carbocycles. The fourth-order valence-corrected chi connectivity index (χ4v) is 1.33. The Labute approximate surface area is 89.8 Å². The first kappa shape index (κ1) is 12.1. The summed E-state index contributed by atoms with van der Waals surface area (Å²) in [5.74, 6) is 0.651. The molecule has 1 rings (SSSR count). The van der Waals surface area contributed by atoms with E-state index in [1.54, 1.807) is 7.05 Å². The summed E-state index contributed by atoms with van der Waals surface area (Å²) in [6.45, 7) is 6.54. The molecule has 6 heteroatoms. The first-order valence-corrected chi connectivity index (χ1v) is 5.08. The molecule has 1 aromatic rings. The maximum Gasteiger partial charge on any atom is 0.176 e. The minimum atomic E-state index is -0.367. The molecule has 1 atom stereocenters. The molecule has 0 aliphatic rings. The Morgan fingerprint density at radius 2 is 2.20 bits per heavy atom. The number of ether oxygens (including phenoxy) is 1. The van der Waals surface area contributed by atoms with Gasteiger partial charge in [0.05, 0.1) is 12.6 Å². The number of hydrogen-bond donors (Lipinski definition) is 1. The Balaban J connectivity index is 2.58. The number of nitrogens with zero attached hydrogens (tertiary/aromatic N) is 4. The zero-order valence-corrected chi connectivity index (χ0v) is 9.77. The average Bonchev–Trinajstić information content (AvgIpc) is 2.51. The molecule has 6 nitrogen and oxygen atoms in total. The Morgan fingerprint density at radius 1 is 1.53 bits per heavy atom. The summed E-state index contributed by atoms with van der Waals surface area (Å²) in [7, 11) is 1.73. The van der Waals surface area contributed by atoms with Crippen molar-refractivity contribution in [3.63, 3.8) is 0 Å². The van der Waals surface area contributed by atoms with Crippen molar-refractivity contribution >= 4 is 0 Å². The van der Waals surface area contributed by atoms with Gasteiger partial charge in [-0.3, -0.25) is 0 Å². The van der Waals surface area contributed by atoms with Gasteiger partial charge in [-0.05, 0) is 26.0 Å². The molecule has 0 amide bonds. The first-order chi connectivity index (χ1) is 6.95. The van der Waals surface area contributed by atoms with E-state index in [1.165, 1.54) is 4.80 Å². The number of nitrogens with two attached hydrogens (primary N) is 1. The van der Waals surface area contributed by atoms with Gasteiger partial charge < -0.3 is 10.5 Å². The number of aryl methyl sites for hydroxylation is 1. The van der Waals surface area contributed by atoms with Crippen LogP contribution in [0.5, 0.6) is 0 Å². The van der Waals surface area contributed by atoms with Crippen molar-refractivity contribution in [3.05, 3.63) is 5.82 Å². The van der Waals surface area contributed by atoms with Gasteiger partial charge >= 0.3 is 0 Å². The molecule has 1 unspecified atom stereocenters. The molecule has 15 heavy (non-hydrogen) atoms. The quantitative estimate of drug-likeness (QED) is 0.738. The molecule has 0 aliphatic heterocycles. The van der Waals surface area contributed by atoms with Crippen LogP contribution >= 0.6 is 0 Å². The van der Waals surface area contributed by atoms with Gasteiger partial charge in [0, 0.05) is 19.1 Å². The van der Waals surface area contributed by atoms with Crippen LogP contribution in [0.3, 0.4) is 0 Å². The van der Waals surface area contributed by atoms with E-state index < -0.39 is 0 Å². The molecule has 86 valence electrons. The zero-order valence-electron chi connectivity index (χ0n) is 9.77. The van der Waals surface area contributed by atoms with E-state index in [1.807, 2.05) is 20.8 Å². The largest absolute Gasteiger partial charge is 0.374 e.